The van der Waals surface area contributed by atoms with Crippen molar-refractivity contribution in [3.8, 4) is 0 Å². The second kappa shape index (κ2) is 3.93. The van der Waals surface area contributed by atoms with Gasteiger partial charge in [-0.2, -0.15) is 0 Å². The third-order valence-electron chi connectivity index (χ3n) is 2.18. The maximum atomic E-state index is 10.7. The van der Waals surface area contributed by atoms with Crippen molar-refractivity contribution in [2.75, 3.05) is 0 Å². The first kappa shape index (κ1) is 10.9. The molecule has 1 unspecified atom stereocenters. The summed E-state index contributed by atoms with van der Waals surface area (Å²) in [6.07, 6.45) is 0. The number of nitrogens with zero attached hydrogens (tertiary/aromatic N) is 3. The van der Waals surface area contributed by atoms with Crippen LogP contribution >= 0.6 is 12.4 Å². The molecule has 1 atom stereocenters. The highest BCUT2D eigenvalue weighted by Gasteiger charge is 2.25. The van der Waals surface area contributed by atoms with Crippen LogP contribution in [-0.2, 0) is 17.9 Å². The standard InChI is InChI=1S/C7H10N4O2.ClH/c1-4-9-10-6-2-8-5(7(12)13)3-11(4)6;/h5,8H,2-3H2,1H3,(H,12,13);1H. The number of hydrogen-bond donors (Lipinski definition) is 2. The molecule has 6 nitrogen and oxygen atoms in total. The van der Waals surface area contributed by atoms with Gasteiger partial charge in [-0.3, -0.25) is 10.1 Å². The van der Waals surface area contributed by atoms with Gasteiger partial charge in [0.25, 0.3) is 0 Å². The van der Waals surface area contributed by atoms with Crippen LogP contribution in [0.4, 0.5) is 0 Å². The molecule has 2 rings (SSSR count). The van der Waals surface area contributed by atoms with Crippen LogP contribution in [0.1, 0.15) is 11.6 Å². The van der Waals surface area contributed by atoms with E-state index >= 15 is 0 Å². The van der Waals surface area contributed by atoms with Gasteiger partial charge in [-0.15, -0.1) is 22.6 Å². The molecule has 0 aromatic carbocycles. The van der Waals surface area contributed by atoms with Crippen molar-refractivity contribution in [2.45, 2.75) is 26.1 Å². The Morgan fingerprint density at radius 1 is 1.64 bits per heavy atom. The monoisotopic (exact) mass is 218 g/mol. The first-order valence-electron chi connectivity index (χ1n) is 4.03. The van der Waals surface area contributed by atoms with Crippen LogP contribution in [0, 0.1) is 6.92 Å². The smallest absolute Gasteiger partial charge is 0.322 e. The predicted octanol–water partition coefficient (Wildman–Crippen LogP) is -0.435. The van der Waals surface area contributed by atoms with Gasteiger partial charge in [0, 0.05) is 0 Å². The van der Waals surface area contributed by atoms with Crippen LogP contribution < -0.4 is 5.32 Å². The quantitative estimate of drug-likeness (QED) is 0.668. The van der Waals surface area contributed by atoms with Crippen LogP contribution in [-0.4, -0.2) is 31.9 Å². The van der Waals surface area contributed by atoms with Crippen molar-refractivity contribution in [3.05, 3.63) is 11.6 Å². The second-order valence-corrected chi connectivity index (χ2v) is 3.05. The molecule has 14 heavy (non-hydrogen) atoms. The number of aryl methyl sites for hydroxylation is 1. The molecule has 2 N–H and O–H groups in total. The Hall–Kier alpha value is -1.14. The van der Waals surface area contributed by atoms with E-state index in [0.29, 0.717) is 13.1 Å². The molecule has 78 valence electrons. The number of fused-ring (bicyclic) bond motifs is 1. The van der Waals surface area contributed by atoms with Crippen LogP contribution in [0.2, 0.25) is 0 Å². The Kier molecular flexibility index (Phi) is 3.07. The van der Waals surface area contributed by atoms with E-state index in [1.165, 1.54) is 0 Å². The summed E-state index contributed by atoms with van der Waals surface area (Å²) in [5, 5.41) is 19.4. The molecule has 1 aromatic heterocycles. The van der Waals surface area contributed by atoms with Crippen LogP contribution in [0.25, 0.3) is 0 Å². The van der Waals surface area contributed by atoms with Crippen LogP contribution in [0.3, 0.4) is 0 Å². The Morgan fingerprint density at radius 3 is 3.00 bits per heavy atom. The van der Waals surface area contributed by atoms with Gasteiger partial charge in [0.1, 0.15) is 17.7 Å². The Balaban J connectivity index is 0.000000980. The van der Waals surface area contributed by atoms with E-state index in [4.69, 9.17) is 5.11 Å². The zero-order valence-electron chi connectivity index (χ0n) is 7.60. The lowest BCUT2D eigenvalue weighted by atomic mass is 10.2. The van der Waals surface area contributed by atoms with E-state index in [1.807, 2.05) is 11.5 Å². The summed E-state index contributed by atoms with van der Waals surface area (Å²) in [5.74, 6) is 0.733. The number of halogens is 1. The van der Waals surface area contributed by atoms with Gasteiger partial charge >= 0.3 is 5.97 Å². The van der Waals surface area contributed by atoms with E-state index in [1.54, 1.807) is 0 Å². The zero-order chi connectivity index (χ0) is 9.42. The fourth-order valence-electron chi connectivity index (χ4n) is 1.42. The molecule has 1 aliphatic rings. The van der Waals surface area contributed by atoms with Crippen LogP contribution in [0.15, 0.2) is 0 Å². The third kappa shape index (κ3) is 1.71. The number of hydrogen-bond acceptors (Lipinski definition) is 4. The average molecular weight is 219 g/mol. The van der Waals surface area contributed by atoms with E-state index in [2.05, 4.69) is 15.5 Å². The highest BCUT2D eigenvalue weighted by atomic mass is 35.5. The van der Waals surface area contributed by atoms with E-state index in [-0.39, 0.29) is 12.4 Å². The van der Waals surface area contributed by atoms with Crippen molar-refractivity contribution in [1.82, 2.24) is 20.1 Å². The van der Waals surface area contributed by atoms with Crippen molar-refractivity contribution in [2.24, 2.45) is 0 Å². The third-order valence-corrected chi connectivity index (χ3v) is 2.18. The van der Waals surface area contributed by atoms with Crippen LogP contribution in [0.5, 0.6) is 0 Å². The normalized spacial score (nSPS) is 19.6. The zero-order valence-corrected chi connectivity index (χ0v) is 8.41. The average Bonchev–Trinajstić information content (AvgIpc) is 2.47. The van der Waals surface area contributed by atoms with Gasteiger partial charge in [0.2, 0.25) is 0 Å². The number of rotatable bonds is 1. The molecule has 0 amide bonds. The lowest BCUT2D eigenvalue weighted by Gasteiger charge is -2.21. The van der Waals surface area contributed by atoms with Gasteiger partial charge < -0.3 is 9.67 Å². The predicted molar refractivity (Wildman–Crippen MR) is 50.3 cm³/mol. The first-order chi connectivity index (χ1) is 6.18. The van der Waals surface area contributed by atoms with Gasteiger partial charge in [-0.25, -0.2) is 0 Å². The lowest BCUT2D eigenvalue weighted by Crippen LogP contribution is -2.44. The molecular weight excluding hydrogens is 208 g/mol. The largest absolute Gasteiger partial charge is 0.480 e. The maximum Gasteiger partial charge on any atom is 0.322 e. The summed E-state index contributed by atoms with van der Waals surface area (Å²) in [4.78, 5) is 10.7. The summed E-state index contributed by atoms with van der Waals surface area (Å²) in [5.41, 5.74) is 0. The number of carboxylic acids is 1. The number of aromatic nitrogens is 3. The summed E-state index contributed by atoms with van der Waals surface area (Å²) in [7, 11) is 0. The lowest BCUT2D eigenvalue weighted by molar-refractivity contribution is -0.140. The fraction of sp³-hybridized carbons (Fsp3) is 0.571. The van der Waals surface area contributed by atoms with Crippen molar-refractivity contribution >= 4 is 18.4 Å². The molecule has 1 aliphatic heterocycles. The molecule has 0 fully saturated rings. The first-order valence-corrected chi connectivity index (χ1v) is 4.03. The molecule has 0 aliphatic carbocycles. The Bertz CT molecular complexity index is 351. The minimum atomic E-state index is -0.834. The second-order valence-electron chi connectivity index (χ2n) is 3.05. The summed E-state index contributed by atoms with van der Waals surface area (Å²) < 4.78 is 1.83. The molecular formula is C7H11ClN4O2. The minimum Gasteiger partial charge on any atom is -0.480 e. The maximum absolute atomic E-state index is 10.7. The Labute approximate surface area is 86.7 Å². The molecule has 0 bridgehead atoms. The van der Waals surface area contributed by atoms with Crippen molar-refractivity contribution in [3.63, 3.8) is 0 Å². The molecule has 0 saturated carbocycles. The summed E-state index contributed by atoms with van der Waals surface area (Å²) >= 11 is 0. The number of carboxylic acid groups (broad SMARTS) is 1. The molecule has 7 heteroatoms. The molecule has 1 aromatic rings. The number of nitrogens with one attached hydrogen (secondary N) is 1. The summed E-state index contributed by atoms with van der Waals surface area (Å²) in [6, 6.07) is -0.526. The molecule has 2 heterocycles. The topological polar surface area (TPSA) is 80.0 Å². The molecule has 0 saturated heterocycles. The van der Waals surface area contributed by atoms with Crippen molar-refractivity contribution in [1.29, 1.82) is 0 Å². The van der Waals surface area contributed by atoms with E-state index < -0.39 is 12.0 Å². The van der Waals surface area contributed by atoms with Gasteiger partial charge in [0.05, 0.1) is 13.1 Å². The number of carbonyl (C=O) groups is 1. The highest BCUT2D eigenvalue weighted by Crippen LogP contribution is 2.08. The van der Waals surface area contributed by atoms with Gasteiger partial charge in [-0.1, -0.05) is 0 Å². The van der Waals surface area contributed by atoms with Gasteiger partial charge in [0.15, 0.2) is 0 Å². The molecule has 0 radical (unpaired) electrons. The SMILES string of the molecule is Cc1nnc2n1CC(C(=O)O)NC2.Cl. The van der Waals surface area contributed by atoms with E-state index in [0.717, 1.165) is 11.6 Å². The number of aliphatic carboxylic acids is 1. The molecule has 0 spiro atoms. The van der Waals surface area contributed by atoms with Gasteiger partial charge in [-0.05, 0) is 6.92 Å². The highest BCUT2D eigenvalue weighted by molar-refractivity contribution is 5.85. The Morgan fingerprint density at radius 2 is 2.36 bits per heavy atom. The fourth-order valence-corrected chi connectivity index (χ4v) is 1.42. The summed E-state index contributed by atoms with van der Waals surface area (Å²) in [6.45, 7) is 2.70. The van der Waals surface area contributed by atoms with Crippen molar-refractivity contribution < 1.29 is 9.90 Å². The minimum absolute atomic E-state index is 0. The van der Waals surface area contributed by atoms with E-state index in [9.17, 15) is 4.79 Å².